The summed E-state index contributed by atoms with van der Waals surface area (Å²) in [6.07, 6.45) is 2.79. The van der Waals surface area contributed by atoms with Crippen LogP contribution < -0.4 is 20.0 Å². The van der Waals surface area contributed by atoms with Crippen LogP contribution in [0.3, 0.4) is 0 Å². The smallest absolute Gasteiger partial charge is 0.263 e. The fourth-order valence-electron chi connectivity index (χ4n) is 3.67. The number of anilines is 2. The number of rotatable bonds is 6. The van der Waals surface area contributed by atoms with Gasteiger partial charge in [0.25, 0.3) is 14.2 Å². The Morgan fingerprint density at radius 2 is 2.00 bits per heavy atom. The minimum absolute atomic E-state index is 0.0287. The second-order valence-corrected chi connectivity index (χ2v) is 15.2. The van der Waals surface area contributed by atoms with Gasteiger partial charge in [-0.1, -0.05) is 26.8 Å². The zero-order chi connectivity index (χ0) is 25.4. The SMILES string of the molecule is CC(C)(C)[Si](C)(C)Oc1cccc(N2CC(N)=C(C=Nc3ccc(N4CC[C@H](F)C4)nc3)C2=O)n1. The van der Waals surface area contributed by atoms with E-state index in [0.29, 0.717) is 48.2 Å². The number of aliphatic imine (C=N–C) groups is 1. The van der Waals surface area contributed by atoms with Crippen LogP contribution in [0.5, 0.6) is 5.88 Å². The summed E-state index contributed by atoms with van der Waals surface area (Å²) < 4.78 is 19.7. The Bertz CT molecular complexity index is 1160. The van der Waals surface area contributed by atoms with Crippen molar-refractivity contribution in [3.05, 3.63) is 47.8 Å². The Kier molecular flexibility index (Phi) is 6.68. The summed E-state index contributed by atoms with van der Waals surface area (Å²) in [7, 11) is -2.07. The lowest BCUT2D eigenvalue weighted by Gasteiger charge is -2.36. The van der Waals surface area contributed by atoms with Crippen molar-refractivity contribution in [3.63, 3.8) is 0 Å². The monoisotopic (exact) mass is 496 g/mol. The van der Waals surface area contributed by atoms with Crippen molar-refractivity contribution in [2.45, 2.75) is 51.5 Å². The first kappa shape index (κ1) is 24.8. The van der Waals surface area contributed by atoms with Gasteiger partial charge in [-0.3, -0.25) is 14.7 Å². The number of pyridine rings is 2. The van der Waals surface area contributed by atoms with Crippen LogP contribution in [-0.2, 0) is 4.79 Å². The summed E-state index contributed by atoms with van der Waals surface area (Å²) in [6, 6.07) is 9.02. The van der Waals surface area contributed by atoms with Crippen LogP contribution in [0.25, 0.3) is 0 Å². The highest BCUT2D eigenvalue weighted by Gasteiger charge is 2.39. The number of halogens is 1. The molecule has 1 atom stereocenters. The van der Waals surface area contributed by atoms with Gasteiger partial charge in [0.15, 0.2) is 0 Å². The fourth-order valence-corrected chi connectivity index (χ4v) is 4.61. The standard InChI is InChI=1S/C25H33FN6O2Si/c1-25(2,3)35(4,5)34-23-8-6-7-22(30-23)32-16-20(27)19(24(32)33)14-28-18-9-10-21(29-13-18)31-12-11-17(26)15-31/h6-10,13-14,17H,11-12,15-16,27H2,1-5H3/t17-/m0/s1. The van der Waals surface area contributed by atoms with Gasteiger partial charge < -0.3 is 15.1 Å². The fraction of sp³-hybridized carbons (Fsp3) is 0.440. The van der Waals surface area contributed by atoms with E-state index in [2.05, 4.69) is 48.8 Å². The first-order valence-electron chi connectivity index (χ1n) is 11.8. The van der Waals surface area contributed by atoms with Gasteiger partial charge in [-0.05, 0) is 48.8 Å². The molecule has 186 valence electrons. The van der Waals surface area contributed by atoms with Crippen molar-refractivity contribution in [2.24, 2.45) is 10.7 Å². The normalized spacial score (nSPS) is 19.4. The molecule has 0 spiro atoms. The van der Waals surface area contributed by atoms with Crippen LogP contribution in [0.15, 0.2) is 52.8 Å². The summed E-state index contributed by atoms with van der Waals surface area (Å²) in [5, 5.41) is 0.0287. The highest BCUT2D eigenvalue weighted by molar-refractivity contribution is 6.74. The zero-order valence-electron chi connectivity index (χ0n) is 21.0. The highest BCUT2D eigenvalue weighted by Crippen LogP contribution is 2.37. The lowest BCUT2D eigenvalue weighted by atomic mass is 10.2. The summed E-state index contributed by atoms with van der Waals surface area (Å²) in [4.78, 5) is 29.9. The van der Waals surface area contributed by atoms with E-state index in [1.807, 2.05) is 23.1 Å². The topological polar surface area (TPSA) is 96.9 Å². The van der Waals surface area contributed by atoms with Crippen LogP contribution in [-0.4, -0.2) is 56.2 Å². The minimum atomic E-state index is -2.07. The first-order valence-corrected chi connectivity index (χ1v) is 14.7. The average Bonchev–Trinajstić information content (AvgIpc) is 3.34. The number of nitrogens with two attached hydrogens (primary N) is 1. The van der Waals surface area contributed by atoms with E-state index in [0.717, 1.165) is 5.82 Å². The zero-order valence-corrected chi connectivity index (χ0v) is 22.0. The van der Waals surface area contributed by atoms with Gasteiger partial charge in [-0.2, -0.15) is 4.98 Å². The molecule has 2 aliphatic heterocycles. The van der Waals surface area contributed by atoms with Gasteiger partial charge in [0.2, 0.25) is 5.88 Å². The van der Waals surface area contributed by atoms with Crippen LogP contribution in [0, 0.1) is 0 Å². The third-order valence-electron chi connectivity index (χ3n) is 6.83. The third-order valence-corrected chi connectivity index (χ3v) is 11.2. The molecule has 10 heteroatoms. The third kappa shape index (κ3) is 5.37. The van der Waals surface area contributed by atoms with Crippen molar-refractivity contribution >= 4 is 37.8 Å². The molecule has 0 radical (unpaired) electrons. The molecule has 35 heavy (non-hydrogen) atoms. The number of hydrogen-bond donors (Lipinski definition) is 1. The van der Waals surface area contributed by atoms with E-state index in [9.17, 15) is 9.18 Å². The van der Waals surface area contributed by atoms with Gasteiger partial charge in [-0.25, -0.2) is 9.37 Å². The largest absolute Gasteiger partial charge is 0.531 e. The molecule has 2 aromatic rings. The van der Waals surface area contributed by atoms with E-state index >= 15 is 0 Å². The number of carbonyl (C=O) groups is 1. The second-order valence-electron chi connectivity index (χ2n) is 10.5. The Morgan fingerprint density at radius 3 is 2.63 bits per heavy atom. The number of hydrogen-bond acceptors (Lipinski definition) is 7. The number of alkyl halides is 1. The van der Waals surface area contributed by atoms with Crippen molar-refractivity contribution in [3.8, 4) is 5.88 Å². The van der Waals surface area contributed by atoms with E-state index < -0.39 is 14.5 Å². The number of amides is 1. The summed E-state index contributed by atoms with van der Waals surface area (Å²) in [6.45, 7) is 12.0. The first-order chi connectivity index (χ1) is 16.4. The molecule has 2 aliphatic rings. The lowest BCUT2D eigenvalue weighted by molar-refractivity contribution is -0.114. The molecule has 8 nitrogen and oxygen atoms in total. The molecule has 4 heterocycles. The van der Waals surface area contributed by atoms with Gasteiger partial charge in [0, 0.05) is 18.5 Å². The molecular formula is C25H33FN6O2Si. The van der Waals surface area contributed by atoms with Crippen molar-refractivity contribution in [1.82, 2.24) is 9.97 Å². The van der Waals surface area contributed by atoms with Gasteiger partial charge in [-0.15, -0.1) is 0 Å². The summed E-state index contributed by atoms with van der Waals surface area (Å²) in [5.74, 6) is 1.45. The van der Waals surface area contributed by atoms with Gasteiger partial charge >= 0.3 is 0 Å². The van der Waals surface area contributed by atoms with Gasteiger partial charge in [0.1, 0.15) is 17.8 Å². The van der Waals surface area contributed by atoms with Crippen molar-refractivity contribution in [2.75, 3.05) is 29.4 Å². The van der Waals surface area contributed by atoms with Crippen molar-refractivity contribution < 1.29 is 13.6 Å². The summed E-state index contributed by atoms with van der Waals surface area (Å²) in [5.41, 5.74) is 7.52. The highest BCUT2D eigenvalue weighted by atomic mass is 28.4. The maximum Gasteiger partial charge on any atom is 0.263 e. The maximum atomic E-state index is 13.4. The quantitative estimate of drug-likeness (QED) is 0.471. The molecule has 0 aromatic carbocycles. The second kappa shape index (κ2) is 9.41. The molecule has 0 bridgehead atoms. The van der Waals surface area contributed by atoms with E-state index in [1.54, 1.807) is 18.3 Å². The average molecular weight is 497 g/mol. The number of carbonyl (C=O) groups excluding carboxylic acids is 1. The molecule has 0 saturated carbocycles. The van der Waals surface area contributed by atoms with Gasteiger partial charge in [0.05, 0.1) is 30.5 Å². The molecule has 2 N–H and O–H groups in total. The molecule has 1 amide bonds. The summed E-state index contributed by atoms with van der Waals surface area (Å²) >= 11 is 0. The van der Waals surface area contributed by atoms with Crippen LogP contribution in [0.2, 0.25) is 18.1 Å². The maximum absolute atomic E-state index is 13.4. The molecule has 0 unspecified atom stereocenters. The predicted octanol–water partition coefficient (Wildman–Crippen LogP) is 4.37. The number of aromatic nitrogens is 2. The molecule has 1 fully saturated rings. The minimum Gasteiger partial charge on any atom is -0.531 e. The van der Waals surface area contributed by atoms with Crippen LogP contribution in [0.1, 0.15) is 27.2 Å². The Morgan fingerprint density at radius 1 is 1.23 bits per heavy atom. The van der Waals surface area contributed by atoms with E-state index in [-0.39, 0.29) is 17.5 Å². The van der Waals surface area contributed by atoms with Crippen LogP contribution >= 0.6 is 0 Å². The molecule has 0 aliphatic carbocycles. The van der Waals surface area contributed by atoms with E-state index in [4.69, 9.17) is 10.2 Å². The lowest BCUT2D eigenvalue weighted by Crippen LogP contribution is -2.44. The molecule has 4 rings (SSSR count). The Balaban J connectivity index is 1.45. The number of nitrogens with zero attached hydrogens (tertiary/aromatic N) is 5. The Hall–Kier alpha value is -3.27. The molecular weight excluding hydrogens is 463 g/mol. The van der Waals surface area contributed by atoms with Crippen LogP contribution in [0.4, 0.5) is 21.7 Å². The molecule has 2 aromatic heterocycles. The van der Waals surface area contributed by atoms with E-state index in [1.165, 1.54) is 11.1 Å². The molecule has 1 saturated heterocycles. The van der Waals surface area contributed by atoms with Crippen molar-refractivity contribution in [1.29, 1.82) is 0 Å². The predicted molar refractivity (Wildman–Crippen MR) is 140 cm³/mol. The Labute approximate surface area is 206 Å².